The maximum absolute atomic E-state index is 13.8. The lowest BCUT2D eigenvalue weighted by molar-refractivity contribution is -0.125. The summed E-state index contributed by atoms with van der Waals surface area (Å²) in [4.78, 5) is 19.4. The number of hydrogen-bond donors (Lipinski definition) is 1. The normalized spacial score (nSPS) is 15.5. The minimum Gasteiger partial charge on any atom is -0.378 e. The van der Waals surface area contributed by atoms with Crippen molar-refractivity contribution in [2.75, 3.05) is 31.2 Å². The van der Waals surface area contributed by atoms with E-state index in [4.69, 9.17) is 4.74 Å². The molecule has 1 saturated heterocycles. The molecule has 2 aromatic carbocycles. The summed E-state index contributed by atoms with van der Waals surface area (Å²) in [6.07, 6.45) is 1.46. The number of morpholine rings is 1. The third-order valence-electron chi connectivity index (χ3n) is 5.60. The molecule has 2 heterocycles. The van der Waals surface area contributed by atoms with E-state index in [1.54, 1.807) is 4.57 Å². The Labute approximate surface area is 179 Å². The van der Waals surface area contributed by atoms with Crippen molar-refractivity contribution >= 4 is 22.6 Å². The Kier molecular flexibility index (Phi) is 6.18. The zero-order valence-electron chi connectivity index (χ0n) is 17.6. The number of anilines is 1. The lowest BCUT2D eigenvalue weighted by atomic mass is 10.0. The number of rotatable bonds is 6. The predicted molar refractivity (Wildman–Crippen MR) is 115 cm³/mol. The fraction of sp³-hybridized carbons (Fsp3) is 0.391. The average molecular weight is 428 g/mol. The van der Waals surface area contributed by atoms with Gasteiger partial charge in [0.25, 0.3) is 0 Å². The minimum atomic E-state index is -0.961. The molecule has 1 fully saturated rings. The second-order valence-electron chi connectivity index (χ2n) is 8.08. The molecular weight excluding hydrogens is 402 g/mol. The molecule has 1 aliphatic rings. The topological polar surface area (TPSA) is 59.4 Å². The maximum Gasteiger partial charge on any atom is 0.243 e. The Morgan fingerprint density at radius 1 is 1.13 bits per heavy atom. The van der Waals surface area contributed by atoms with Crippen LogP contribution in [0, 0.1) is 17.6 Å². The quantitative estimate of drug-likeness (QED) is 0.651. The van der Waals surface area contributed by atoms with E-state index in [0.717, 1.165) is 49.7 Å². The highest BCUT2D eigenvalue weighted by atomic mass is 19.2. The van der Waals surface area contributed by atoms with Crippen molar-refractivity contribution < 1.29 is 18.3 Å². The van der Waals surface area contributed by atoms with Crippen molar-refractivity contribution in [3.63, 3.8) is 0 Å². The van der Waals surface area contributed by atoms with Gasteiger partial charge in [0.05, 0.1) is 30.6 Å². The lowest BCUT2D eigenvalue weighted by Crippen LogP contribution is -2.36. The summed E-state index contributed by atoms with van der Waals surface area (Å²) in [7, 11) is 0. The lowest BCUT2D eigenvalue weighted by Gasteiger charge is -2.29. The summed E-state index contributed by atoms with van der Waals surface area (Å²) >= 11 is 0. The monoisotopic (exact) mass is 428 g/mol. The van der Waals surface area contributed by atoms with E-state index in [9.17, 15) is 13.6 Å². The third-order valence-corrected chi connectivity index (χ3v) is 5.60. The number of fused-ring (bicyclic) bond motifs is 1. The second kappa shape index (κ2) is 9.01. The Morgan fingerprint density at radius 3 is 2.48 bits per heavy atom. The van der Waals surface area contributed by atoms with Crippen LogP contribution in [0.5, 0.6) is 0 Å². The number of hydrogen-bond acceptors (Lipinski definition) is 4. The molecule has 0 radical (unpaired) electrons. The van der Waals surface area contributed by atoms with Crippen LogP contribution in [0.1, 0.15) is 25.5 Å². The second-order valence-corrected chi connectivity index (χ2v) is 8.08. The van der Waals surface area contributed by atoms with Gasteiger partial charge in [-0.2, -0.15) is 0 Å². The molecule has 1 aromatic heterocycles. The fourth-order valence-corrected chi connectivity index (χ4v) is 3.93. The van der Waals surface area contributed by atoms with E-state index in [0.29, 0.717) is 17.6 Å². The largest absolute Gasteiger partial charge is 0.378 e. The number of carbonyl (C=O) groups excluding carboxylic acids is 1. The van der Waals surface area contributed by atoms with Crippen LogP contribution in [0.4, 0.5) is 14.5 Å². The standard InChI is InChI=1S/C23H26F2N4O2/c1-15(2)22(29-14-27-20-11-18(24)19(25)12-21(20)29)23(30)26-13-16-3-5-17(6-4-16)28-7-9-31-10-8-28/h3-6,11-12,14-15,22H,7-10,13H2,1-2H3,(H,26,30). The molecule has 3 aromatic rings. The van der Waals surface area contributed by atoms with Crippen molar-refractivity contribution in [2.45, 2.75) is 26.4 Å². The predicted octanol–water partition coefficient (Wildman–Crippen LogP) is 3.66. The van der Waals surface area contributed by atoms with Gasteiger partial charge in [-0.05, 0) is 23.6 Å². The fourth-order valence-electron chi connectivity index (χ4n) is 3.93. The highest BCUT2D eigenvalue weighted by Gasteiger charge is 2.26. The number of nitrogens with zero attached hydrogens (tertiary/aromatic N) is 3. The van der Waals surface area contributed by atoms with Gasteiger partial charge in [0, 0.05) is 37.5 Å². The van der Waals surface area contributed by atoms with Crippen molar-refractivity contribution in [2.24, 2.45) is 5.92 Å². The number of halogens is 2. The van der Waals surface area contributed by atoms with E-state index >= 15 is 0 Å². The molecule has 0 aliphatic carbocycles. The van der Waals surface area contributed by atoms with Crippen molar-refractivity contribution in [3.8, 4) is 0 Å². The number of carbonyl (C=O) groups is 1. The van der Waals surface area contributed by atoms with Gasteiger partial charge in [-0.25, -0.2) is 13.8 Å². The molecule has 6 nitrogen and oxygen atoms in total. The van der Waals surface area contributed by atoms with Crippen LogP contribution in [-0.4, -0.2) is 41.8 Å². The molecule has 1 atom stereocenters. The van der Waals surface area contributed by atoms with Crippen molar-refractivity contribution in [1.29, 1.82) is 0 Å². The number of imidazole rings is 1. The summed E-state index contributed by atoms with van der Waals surface area (Å²) in [5.41, 5.74) is 2.83. The molecular formula is C23H26F2N4O2. The van der Waals surface area contributed by atoms with Gasteiger partial charge in [-0.3, -0.25) is 4.79 Å². The van der Waals surface area contributed by atoms with Gasteiger partial charge in [0.1, 0.15) is 6.04 Å². The zero-order valence-corrected chi connectivity index (χ0v) is 17.6. The Hall–Kier alpha value is -3.00. The SMILES string of the molecule is CC(C)C(C(=O)NCc1ccc(N2CCOCC2)cc1)n1cnc2cc(F)c(F)cc21. The van der Waals surface area contributed by atoms with Crippen LogP contribution in [0.2, 0.25) is 0 Å². The average Bonchev–Trinajstić information content (AvgIpc) is 3.15. The first-order valence-corrected chi connectivity index (χ1v) is 10.4. The highest BCUT2D eigenvalue weighted by Crippen LogP contribution is 2.26. The summed E-state index contributed by atoms with van der Waals surface area (Å²) in [5, 5.41) is 2.97. The smallest absolute Gasteiger partial charge is 0.243 e. The number of nitrogens with one attached hydrogen (secondary N) is 1. The summed E-state index contributed by atoms with van der Waals surface area (Å²) in [6.45, 7) is 7.40. The first kappa shape index (κ1) is 21.2. The Balaban J connectivity index is 1.47. The van der Waals surface area contributed by atoms with Gasteiger partial charge in [0.2, 0.25) is 5.91 Å². The molecule has 0 spiro atoms. The zero-order chi connectivity index (χ0) is 22.0. The van der Waals surface area contributed by atoms with E-state index in [2.05, 4.69) is 15.2 Å². The van der Waals surface area contributed by atoms with Crippen LogP contribution in [0.25, 0.3) is 11.0 Å². The molecule has 8 heteroatoms. The van der Waals surface area contributed by atoms with Crippen LogP contribution < -0.4 is 10.2 Å². The number of aromatic nitrogens is 2. The number of ether oxygens (including phenoxy) is 1. The molecule has 31 heavy (non-hydrogen) atoms. The van der Waals surface area contributed by atoms with E-state index in [-0.39, 0.29) is 11.8 Å². The van der Waals surface area contributed by atoms with E-state index in [1.807, 2.05) is 38.1 Å². The number of amides is 1. The number of benzene rings is 2. The van der Waals surface area contributed by atoms with Gasteiger partial charge in [0.15, 0.2) is 11.6 Å². The first-order chi connectivity index (χ1) is 14.9. The molecule has 164 valence electrons. The molecule has 0 saturated carbocycles. The van der Waals surface area contributed by atoms with Crippen molar-refractivity contribution in [3.05, 3.63) is 59.9 Å². The van der Waals surface area contributed by atoms with Crippen LogP contribution in [0.15, 0.2) is 42.7 Å². The highest BCUT2D eigenvalue weighted by molar-refractivity contribution is 5.84. The summed E-state index contributed by atoms with van der Waals surface area (Å²) in [6, 6.07) is 9.64. The molecule has 1 amide bonds. The third kappa shape index (κ3) is 4.54. The first-order valence-electron chi connectivity index (χ1n) is 10.4. The van der Waals surface area contributed by atoms with Gasteiger partial charge in [-0.1, -0.05) is 26.0 Å². The van der Waals surface area contributed by atoms with E-state index in [1.165, 1.54) is 6.33 Å². The molecule has 1 N–H and O–H groups in total. The molecule has 0 bridgehead atoms. The molecule has 1 unspecified atom stereocenters. The molecule has 4 rings (SSSR count). The summed E-state index contributed by atoms with van der Waals surface area (Å²) < 4.78 is 34.3. The van der Waals surface area contributed by atoms with Crippen LogP contribution in [-0.2, 0) is 16.1 Å². The van der Waals surface area contributed by atoms with Crippen LogP contribution in [0.3, 0.4) is 0 Å². The van der Waals surface area contributed by atoms with Gasteiger partial charge < -0.3 is 19.5 Å². The van der Waals surface area contributed by atoms with Gasteiger partial charge in [-0.15, -0.1) is 0 Å². The van der Waals surface area contributed by atoms with Crippen molar-refractivity contribution in [1.82, 2.24) is 14.9 Å². The Bertz CT molecular complexity index is 1060. The minimum absolute atomic E-state index is 0.0748. The van der Waals surface area contributed by atoms with Gasteiger partial charge >= 0.3 is 0 Å². The Morgan fingerprint density at radius 2 is 1.81 bits per heavy atom. The van der Waals surface area contributed by atoms with Crippen LogP contribution >= 0.6 is 0 Å². The van der Waals surface area contributed by atoms with E-state index < -0.39 is 17.7 Å². The summed E-state index contributed by atoms with van der Waals surface area (Å²) in [5.74, 6) is -2.19. The maximum atomic E-state index is 13.8. The molecule has 1 aliphatic heterocycles.